The molecule has 0 aromatic rings. The lowest BCUT2D eigenvalue weighted by molar-refractivity contribution is 1.35. The molecule has 0 aliphatic heterocycles. The van der Waals surface area contributed by atoms with E-state index in [4.69, 9.17) is 7.74 Å². The van der Waals surface area contributed by atoms with Crippen molar-refractivity contribution >= 4 is 14.3 Å². The fourth-order valence-electron chi connectivity index (χ4n) is 0.289. The number of rotatable bonds is 2. The van der Waals surface area contributed by atoms with Gasteiger partial charge >= 0.3 is 0 Å². The molecule has 0 heterocycles. The highest BCUT2D eigenvalue weighted by Crippen LogP contribution is 1.89. The molecular formula is C4H10B2. The average Bonchev–Trinajstić information content (AvgIpc) is 1.65. The first-order chi connectivity index (χ1) is 2.81. The summed E-state index contributed by atoms with van der Waals surface area (Å²) >= 11 is 0. The molecule has 0 unspecified atom stereocenters. The Morgan fingerprint density at radius 3 is 1.67 bits per heavy atom. The highest BCUT2D eigenvalue weighted by molar-refractivity contribution is 7.03. The quantitative estimate of drug-likeness (QED) is 0.437. The molecule has 0 saturated carbocycles. The normalized spacial score (nSPS) is 8.33. The fraction of sp³-hybridized carbons (Fsp3) is 1.00. The highest BCUT2D eigenvalue weighted by Gasteiger charge is 1.93. The molecule has 0 amide bonds. The summed E-state index contributed by atoms with van der Waals surface area (Å²) in [5.74, 6) is 0. The molecule has 0 aromatic carbocycles. The van der Waals surface area contributed by atoms with Crippen LogP contribution in [-0.2, 0) is 0 Å². The summed E-state index contributed by atoms with van der Waals surface area (Å²) < 4.78 is 0. The molecule has 0 aromatic heterocycles. The third kappa shape index (κ3) is 2.37. The molecule has 6 heavy (non-hydrogen) atoms. The topological polar surface area (TPSA) is 0 Å². The van der Waals surface area contributed by atoms with E-state index >= 15 is 0 Å². The first kappa shape index (κ1) is 6.13. The van der Waals surface area contributed by atoms with E-state index in [9.17, 15) is 0 Å². The lowest BCUT2D eigenvalue weighted by atomic mass is 9.30. The molecule has 0 rings (SSSR count). The van der Waals surface area contributed by atoms with Gasteiger partial charge in [0, 0.05) is 7.74 Å². The van der Waals surface area contributed by atoms with Crippen LogP contribution in [-0.4, -0.2) is 14.3 Å². The van der Waals surface area contributed by atoms with Gasteiger partial charge < -0.3 is 0 Å². The van der Waals surface area contributed by atoms with Gasteiger partial charge in [-0.05, 0) is 0 Å². The van der Waals surface area contributed by atoms with Crippen LogP contribution >= 0.6 is 0 Å². The Labute approximate surface area is 41.8 Å². The second kappa shape index (κ2) is 3.32. The third-order valence-corrected chi connectivity index (χ3v) is 1.05. The molecule has 0 N–H and O–H groups in total. The Morgan fingerprint density at radius 2 is 1.67 bits per heavy atom. The van der Waals surface area contributed by atoms with Gasteiger partial charge in [0.25, 0.3) is 0 Å². The maximum Gasteiger partial charge on any atom is 0.0898 e. The molecule has 0 nitrogen and oxygen atoms in total. The van der Waals surface area contributed by atoms with Gasteiger partial charge in [-0.25, -0.2) is 0 Å². The van der Waals surface area contributed by atoms with E-state index in [2.05, 4.69) is 13.8 Å². The van der Waals surface area contributed by atoms with E-state index in [0.29, 0.717) is 6.60 Å². The van der Waals surface area contributed by atoms with Crippen LogP contribution in [0.5, 0.6) is 0 Å². The molecule has 0 saturated heterocycles. The van der Waals surface area contributed by atoms with Gasteiger partial charge in [0.05, 0.1) is 6.60 Å². The molecule has 2 heteroatoms. The number of hydrogen-bond donors (Lipinski definition) is 0. The Kier molecular flexibility index (Phi) is 3.40. The number of hydrogen-bond acceptors (Lipinski definition) is 0. The largest absolute Gasteiger partial charge is 0.0898 e. The van der Waals surface area contributed by atoms with Crippen LogP contribution in [0.15, 0.2) is 0 Å². The summed E-state index contributed by atoms with van der Waals surface area (Å²) in [6.07, 6.45) is 2.22. The van der Waals surface area contributed by atoms with Crippen LogP contribution in [0, 0.1) is 0 Å². The van der Waals surface area contributed by atoms with Gasteiger partial charge in [-0.3, -0.25) is 0 Å². The van der Waals surface area contributed by atoms with Gasteiger partial charge in [0.2, 0.25) is 0 Å². The standard InChI is InChI=1S/C4H10B2/c1-3-6(5)4-2/h3-4H2,1-2H3. The minimum atomic E-state index is 0.435. The van der Waals surface area contributed by atoms with Crippen molar-refractivity contribution in [2.75, 3.05) is 0 Å². The van der Waals surface area contributed by atoms with Gasteiger partial charge in [-0.2, -0.15) is 0 Å². The first-order valence-electron chi connectivity index (χ1n) is 2.56. The van der Waals surface area contributed by atoms with E-state index in [1.165, 1.54) is 0 Å². The van der Waals surface area contributed by atoms with E-state index < -0.39 is 0 Å². The predicted molar refractivity (Wildman–Crippen MR) is 32.5 cm³/mol. The summed E-state index contributed by atoms with van der Waals surface area (Å²) in [5.41, 5.74) is 0. The summed E-state index contributed by atoms with van der Waals surface area (Å²) in [7, 11) is 5.47. The van der Waals surface area contributed by atoms with Crippen LogP contribution in [0.4, 0.5) is 0 Å². The van der Waals surface area contributed by atoms with E-state index in [1.807, 2.05) is 0 Å². The van der Waals surface area contributed by atoms with E-state index in [1.54, 1.807) is 0 Å². The van der Waals surface area contributed by atoms with Crippen molar-refractivity contribution in [1.29, 1.82) is 0 Å². The molecule has 0 atom stereocenters. The van der Waals surface area contributed by atoms with Crippen molar-refractivity contribution in [2.24, 2.45) is 0 Å². The molecule has 0 spiro atoms. The van der Waals surface area contributed by atoms with Crippen LogP contribution < -0.4 is 0 Å². The summed E-state index contributed by atoms with van der Waals surface area (Å²) in [5, 5.41) is 0. The molecule has 32 valence electrons. The summed E-state index contributed by atoms with van der Waals surface area (Å²) in [6.45, 7) is 4.65. The fourth-order valence-corrected chi connectivity index (χ4v) is 0.289. The Bertz CT molecular complexity index is 24.7. The molecular weight excluding hydrogens is 69.7 g/mol. The van der Waals surface area contributed by atoms with Gasteiger partial charge in [-0.15, -0.1) is 0 Å². The van der Waals surface area contributed by atoms with Crippen molar-refractivity contribution in [3.05, 3.63) is 0 Å². The minimum absolute atomic E-state index is 0.435. The van der Waals surface area contributed by atoms with Crippen molar-refractivity contribution < 1.29 is 0 Å². The predicted octanol–water partition coefficient (Wildman–Crippen LogP) is 1.19. The van der Waals surface area contributed by atoms with E-state index in [-0.39, 0.29) is 0 Å². The van der Waals surface area contributed by atoms with Crippen LogP contribution in [0.3, 0.4) is 0 Å². The Morgan fingerprint density at radius 1 is 1.33 bits per heavy atom. The molecule has 0 aliphatic carbocycles. The van der Waals surface area contributed by atoms with Crippen molar-refractivity contribution in [2.45, 2.75) is 26.5 Å². The lowest BCUT2D eigenvalue weighted by Gasteiger charge is -1.94. The lowest BCUT2D eigenvalue weighted by Crippen LogP contribution is -2.07. The van der Waals surface area contributed by atoms with Gasteiger partial charge in [0.1, 0.15) is 0 Å². The van der Waals surface area contributed by atoms with Gasteiger partial charge in [-0.1, -0.05) is 26.5 Å². The van der Waals surface area contributed by atoms with Crippen molar-refractivity contribution in [1.82, 2.24) is 0 Å². The zero-order valence-corrected chi connectivity index (χ0v) is 4.57. The monoisotopic (exact) mass is 80.1 g/mol. The third-order valence-electron chi connectivity index (χ3n) is 1.05. The zero-order chi connectivity index (χ0) is 4.99. The minimum Gasteiger partial charge on any atom is -0.0846 e. The van der Waals surface area contributed by atoms with Crippen LogP contribution in [0.2, 0.25) is 12.6 Å². The molecule has 0 bridgehead atoms. The maximum atomic E-state index is 5.47. The Balaban J connectivity index is 2.75. The summed E-state index contributed by atoms with van der Waals surface area (Å²) in [4.78, 5) is 0. The molecule has 0 aliphatic rings. The Hall–Kier alpha value is 0.130. The van der Waals surface area contributed by atoms with Crippen molar-refractivity contribution in [3.8, 4) is 0 Å². The van der Waals surface area contributed by atoms with Crippen LogP contribution in [0.1, 0.15) is 13.8 Å². The maximum absolute atomic E-state index is 5.47. The smallest absolute Gasteiger partial charge is 0.0846 e. The van der Waals surface area contributed by atoms with Crippen molar-refractivity contribution in [3.63, 3.8) is 0 Å². The molecule has 2 radical (unpaired) electrons. The van der Waals surface area contributed by atoms with Crippen LogP contribution in [0.25, 0.3) is 0 Å². The van der Waals surface area contributed by atoms with Gasteiger partial charge in [0.15, 0.2) is 0 Å². The second-order valence-corrected chi connectivity index (χ2v) is 1.58. The second-order valence-electron chi connectivity index (χ2n) is 1.58. The molecule has 0 fully saturated rings. The SMILES string of the molecule is [B]B(CC)CC. The first-order valence-corrected chi connectivity index (χ1v) is 2.56. The zero-order valence-electron chi connectivity index (χ0n) is 4.57. The summed E-state index contributed by atoms with van der Waals surface area (Å²) in [6, 6.07) is 0. The van der Waals surface area contributed by atoms with E-state index in [0.717, 1.165) is 12.6 Å². The highest BCUT2D eigenvalue weighted by atomic mass is 13.5. The average molecular weight is 79.7 g/mol.